The van der Waals surface area contributed by atoms with Crippen LogP contribution < -0.4 is 16.0 Å². The Labute approximate surface area is 177 Å². The molecule has 1 saturated carbocycles. The van der Waals surface area contributed by atoms with Gasteiger partial charge in [-0.05, 0) is 23.8 Å². The summed E-state index contributed by atoms with van der Waals surface area (Å²) < 4.78 is 54.1. The molecule has 2 aromatic rings. The summed E-state index contributed by atoms with van der Waals surface area (Å²) in [6.45, 7) is 3.11. The van der Waals surface area contributed by atoms with Gasteiger partial charge in [-0.25, -0.2) is 0 Å². The van der Waals surface area contributed by atoms with E-state index in [1.165, 1.54) is 50.6 Å². The van der Waals surface area contributed by atoms with Crippen LogP contribution in [0.1, 0.15) is 35.3 Å². The number of carbonyl (C=O) groups excluding carboxylic acids is 1. The van der Waals surface area contributed by atoms with Gasteiger partial charge in [-0.2, -0.15) is 13.2 Å². The molecule has 0 atom stereocenters. The van der Waals surface area contributed by atoms with Crippen molar-refractivity contribution in [2.24, 2.45) is 5.73 Å². The number of amides is 1. The average Bonchev–Trinajstić information content (AvgIpc) is 3.64. The first-order chi connectivity index (χ1) is 14.7. The van der Waals surface area contributed by atoms with Crippen LogP contribution in [0.3, 0.4) is 0 Å². The largest absolute Gasteiger partial charge is 0.497 e. The summed E-state index contributed by atoms with van der Waals surface area (Å²) in [6, 6.07) is 6.53. The van der Waals surface area contributed by atoms with E-state index in [0.29, 0.717) is 5.75 Å². The predicted octanol–water partition coefficient (Wildman–Crippen LogP) is 3.37. The summed E-state index contributed by atoms with van der Waals surface area (Å²) in [6.07, 6.45) is -0.287. The molecule has 1 aliphatic carbocycles. The number of rotatable bonds is 3. The molecule has 2 heterocycles. The molecule has 0 spiro atoms. The zero-order chi connectivity index (χ0) is 22.9. The van der Waals surface area contributed by atoms with Gasteiger partial charge >= 0.3 is 6.18 Å². The lowest BCUT2D eigenvalue weighted by Crippen LogP contribution is -2.27. The number of carbonyl (C=O) groups is 1. The molecule has 1 aromatic heterocycles. The van der Waals surface area contributed by atoms with Crippen molar-refractivity contribution in [2.75, 3.05) is 33.5 Å². The number of halogens is 3. The zero-order valence-corrected chi connectivity index (χ0v) is 17.1. The molecule has 10 heteroatoms. The van der Waals surface area contributed by atoms with Gasteiger partial charge in [0, 0.05) is 5.56 Å². The first kappa shape index (κ1) is 24.4. The maximum absolute atomic E-state index is 13.1. The number of nitrogens with one attached hydrogen (secondary N) is 1. The van der Waals surface area contributed by atoms with Gasteiger partial charge in [-0.1, -0.05) is 31.4 Å². The number of nitrogens with two attached hydrogens (primary N) is 1. The fourth-order valence-electron chi connectivity index (χ4n) is 2.37. The van der Waals surface area contributed by atoms with Crippen LogP contribution in [0.15, 0.2) is 35.1 Å². The standard InChI is InChI=1S/C14H11F3N2O3.C4H8O2.C3H6/c1-22-8-4-2-7(3-5-8)9-6-10(12(18)20)13(21)19-11(9)14(15,16)17;1-2-6-4-3-5-1;1-2-3-1/h2-6H,1H3,(H2,18,20)(H,19,21);1-4H2;1-3H2. The number of hydrogen-bond donors (Lipinski definition) is 2. The topological polar surface area (TPSA) is 104 Å². The van der Waals surface area contributed by atoms with E-state index < -0.39 is 28.9 Å². The van der Waals surface area contributed by atoms with Crippen molar-refractivity contribution < 1.29 is 32.2 Å². The molecule has 1 amide bonds. The van der Waals surface area contributed by atoms with Crippen molar-refractivity contribution in [1.82, 2.24) is 4.98 Å². The number of aromatic amines is 1. The van der Waals surface area contributed by atoms with Crippen molar-refractivity contribution in [3.05, 3.63) is 51.9 Å². The summed E-state index contributed by atoms with van der Waals surface area (Å²) in [5, 5.41) is 0. The van der Waals surface area contributed by atoms with E-state index in [2.05, 4.69) is 0 Å². The van der Waals surface area contributed by atoms with E-state index in [4.69, 9.17) is 19.9 Å². The summed E-state index contributed by atoms with van der Waals surface area (Å²) >= 11 is 0. The quantitative estimate of drug-likeness (QED) is 0.759. The number of pyridine rings is 1. The van der Waals surface area contributed by atoms with Crippen LogP contribution in [0.2, 0.25) is 0 Å². The van der Waals surface area contributed by atoms with Crippen molar-refractivity contribution in [2.45, 2.75) is 25.4 Å². The molecule has 1 saturated heterocycles. The van der Waals surface area contributed by atoms with Gasteiger partial charge in [-0.15, -0.1) is 0 Å². The zero-order valence-electron chi connectivity index (χ0n) is 17.1. The Morgan fingerprint density at radius 2 is 1.55 bits per heavy atom. The molecule has 31 heavy (non-hydrogen) atoms. The Bertz CT molecular complexity index is 890. The molecule has 0 unspecified atom stereocenters. The molecule has 0 bridgehead atoms. The number of aromatic nitrogens is 1. The Kier molecular flexibility index (Phi) is 9.07. The van der Waals surface area contributed by atoms with Crippen molar-refractivity contribution in [3.8, 4) is 16.9 Å². The fraction of sp³-hybridized carbons (Fsp3) is 0.429. The van der Waals surface area contributed by atoms with Crippen LogP contribution in [0.25, 0.3) is 11.1 Å². The second-order valence-corrected chi connectivity index (χ2v) is 6.68. The summed E-state index contributed by atoms with van der Waals surface area (Å²) in [4.78, 5) is 24.4. The molecular formula is C21H25F3N2O5. The number of hydrogen-bond acceptors (Lipinski definition) is 5. The second kappa shape index (κ2) is 11.5. The van der Waals surface area contributed by atoms with Crippen LogP contribution in [-0.2, 0) is 15.7 Å². The number of benzene rings is 1. The minimum atomic E-state index is -4.79. The fourth-order valence-corrected chi connectivity index (χ4v) is 2.37. The highest BCUT2D eigenvalue weighted by atomic mass is 19.4. The molecule has 1 aliphatic heterocycles. The van der Waals surface area contributed by atoms with Gasteiger partial charge in [0.25, 0.3) is 11.5 Å². The lowest BCUT2D eigenvalue weighted by molar-refractivity contribution is -0.140. The minimum absolute atomic E-state index is 0.159. The SMILES string of the molecule is C1CC1.C1COCCO1.COc1ccc(-c2cc(C(N)=O)c(=O)[nH]c2C(F)(F)F)cc1. The van der Waals surface area contributed by atoms with Gasteiger partial charge in [0.1, 0.15) is 17.0 Å². The number of H-pyrrole nitrogens is 1. The van der Waals surface area contributed by atoms with Crippen LogP contribution in [-0.4, -0.2) is 44.4 Å². The molecule has 4 rings (SSSR count). The van der Waals surface area contributed by atoms with E-state index in [1.54, 1.807) is 4.98 Å². The number of methoxy groups -OCH3 is 1. The van der Waals surface area contributed by atoms with Crippen LogP contribution in [0, 0.1) is 0 Å². The summed E-state index contributed by atoms with van der Waals surface area (Å²) in [5.41, 5.74) is 1.85. The van der Waals surface area contributed by atoms with Crippen LogP contribution >= 0.6 is 0 Å². The summed E-state index contributed by atoms with van der Waals surface area (Å²) in [5.74, 6) is -0.651. The number of ether oxygens (including phenoxy) is 3. The monoisotopic (exact) mass is 442 g/mol. The molecular weight excluding hydrogens is 417 g/mol. The van der Waals surface area contributed by atoms with Gasteiger partial charge in [-0.3, -0.25) is 9.59 Å². The lowest BCUT2D eigenvalue weighted by atomic mass is 10.0. The molecule has 0 radical (unpaired) electrons. The van der Waals surface area contributed by atoms with Gasteiger partial charge in [0.05, 0.1) is 33.5 Å². The highest BCUT2D eigenvalue weighted by Gasteiger charge is 2.36. The minimum Gasteiger partial charge on any atom is -0.497 e. The Hall–Kier alpha value is -2.85. The average molecular weight is 442 g/mol. The van der Waals surface area contributed by atoms with Crippen LogP contribution in [0.5, 0.6) is 5.75 Å². The molecule has 3 N–H and O–H groups in total. The Morgan fingerprint density at radius 1 is 1.03 bits per heavy atom. The third-order valence-corrected chi connectivity index (χ3v) is 4.09. The van der Waals surface area contributed by atoms with E-state index in [-0.39, 0.29) is 11.1 Å². The van der Waals surface area contributed by atoms with E-state index in [0.717, 1.165) is 32.5 Å². The number of alkyl halides is 3. The van der Waals surface area contributed by atoms with Crippen molar-refractivity contribution in [1.29, 1.82) is 0 Å². The first-order valence-electron chi connectivity index (χ1n) is 9.68. The van der Waals surface area contributed by atoms with Gasteiger partial charge in [0.2, 0.25) is 0 Å². The van der Waals surface area contributed by atoms with E-state index >= 15 is 0 Å². The molecule has 1 aromatic carbocycles. The van der Waals surface area contributed by atoms with E-state index in [1.807, 2.05) is 0 Å². The molecule has 2 aliphatic rings. The van der Waals surface area contributed by atoms with Crippen LogP contribution in [0.4, 0.5) is 13.2 Å². The smallest absolute Gasteiger partial charge is 0.431 e. The normalized spacial score (nSPS) is 15.0. The molecule has 170 valence electrons. The lowest BCUT2D eigenvalue weighted by Gasteiger charge is -2.14. The third kappa shape index (κ3) is 8.06. The van der Waals surface area contributed by atoms with Crippen molar-refractivity contribution >= 4 is 5.91 Å². The Morgan fingerprint density at radius 3 is 1.90 bits per heavy atom. The third-order valence-electron chi connectivity index (χ3n) is 4.09. The van der Waals surface area contributed by atoms with E-state index in [9.17, 15) is 22.8 Å². The first-order valence-corrected chi connectivity index (χ1v) is 9.68. The highest BCUT2D eigenvalue weighted by molar-refractivity contribution is 5.93. The van der Waals surface area contributed by atoms with Crippen molar-refractivity contribution in [3.63, 3.8) is 0 Å². The van der Waals surface area contributed by atoms with Gasteiger partial charge < -0.3 is 24.9 Å². The maximum Gasteiger partial charge on any atom is 0.431 e. The molecule has 7 nitrogen and oxygen atoms in total. The number of primary amides is 1. The van der Waals surface area contributed by atoms with Gasteiger partial charge in [0.15, 0.2) is 0 Å². The summed E-state index contributed by atoms with van der Waals surface area (Å²) in [7, 11) is 1.42. The second-order valence-electron chi connectivity index (χ2n) is 6.68. The molecule has 2 fully saturated rings. The Balaban J connectivity index is 0.000000310. The maximum atomic E-state index is 13.1. The predicted molar refractivity (Wildman–Crippen MR) is 108 cm³/mol. The highest BCUT2D eigenvalue weighted by Crippen LogP contribution is 2.35.